The molecule has 2 saturated carbocycles. The Balaban J connectivity index is 1.83. The van der Waals surface area contributed by atoms with Gasteiger partial charge in [0.25, 0.3) is 0 Å². The molecule has 4 atom stereocenters. The lowest BCUT2D eigenvalue weighted by Gasteiger charge is -2.28. The van der Waals surface area contributed by atoms with Crippen molar-refractivity contribution in [1.29, 1.82) is 0 Å². The SMILES string of the molecule is O=C(COCC(F)(F)F)NC1C2CCC(C2)C1C(=O)O. The first kappa shape index (κ1) is 15.1. The number of carbonyl (C=O) groups excluding carboxylic acids is 1. The molecule has 2 N–H and O–H groups in total. The van der Waals surface area contributed by atoms with Crippen LogP contribution >= 0.6 is 0 Å². The van der Waals surface area contributed by atoms with Gasteiger partial charge >= 0.3 is 12.1 Å². The second-order valence-electron chi connectivity index (χ2n) is 5.40. The van der Waals surface area contributed by atoms with Crippen LogP contribution in [0.15, 0.2) is 0 Å². The summed E-state index contributed by atoms with van der Waals surface area (Å²) in [6, 6.07) is -0.492. The molecule has 0 aromatic heterocycles. The van der Waals surface area contributed by atoms with Crippen LogP contribution in [-0.2, 0) is 14.3 Å². The second-order valence-corrected chi connectivity index (χ2v) is 5.40. The number of amides is 1. The zero-order valence-electron chi connectivity index (χ0n) is 10.7. The highest BCUT2D eigenvalue weighted by atomic mass is 19.4. The van der Waals surface area contributed by atoms with Crippen molar-refractivity contribution in [3.05, 3.63) is 0 Å². The molecule has 0 radical (unpaired) electrons. The Bertz CT molecular complexity index is 399. The Kier molecular flexibility index (Phi) is 4.22. The highest BCUT2D eigenvalue weighted by molar-refractivity contribution is 5.79. The summed E-state index contributed by atoms with van der Waals surface area (Å²) in [4.78, 5) is 22.7. The quantitative estimate of drug-likeness (QED) is 0.798. The molecular weight excluding hydrogens is 279 g/mol. The van der Waals surface area contributed by atoms with Crippen LogP contribution in [0.25, 0.3) is 0 Å². The van der Waals surface area contributed by atoms with E-state index in [4.69, 9.17) is 0 Å². The van der Waals surface area contributed by atoms with Gasteiger partial charge in [-0.1, -0.05) is 0 Å². The third kappa shape index (κ3) is 3.41. The van der Waals surface area contributed by atoms with Crippen molar-refractivity contribution in [2.24, 2.45) is 17.8 Å². The third-order valence-corrected chi connectivity index (χ3v) is 4.03. The molecule has 0 heterocycles. The molecule has 4 unspecified atom stereocenters. The summed E-state index contributed by atoms with van der Waals surface area (Å²) in [6.45, 7) is -2.20. The van der Waals surface area contributed by atoms with Gasteiger partial charge in [0.2, 0.25) is 5.91 Å². The molecule has 2 rings (SSSR count). The average Bonchev–Trinajstić information content (AvgIpc) is 2.86. The second kappa shape index (κ2) is 5.59. The van der Waals surface area contributed by atoms with Gasteiger partial charge in [-0.15, -0.1) is 0 Å². The van der Waals surface area contributed by atoms with E-state index in [0.29, 0.717) is 0 Å². The molecule has 0 spiro atoms. The Morgan fingerprint density at radius 1 is 1.25 bits per heavy atom. The molecule has 20 heavy (non-hydrogen) atoms. The van der Waals surface area contributed by atoms with Gasteiger partial charge in [-0.05, 0) is 31.1 Å². The van der Waals surface area contributed by atoms with Crippen LogP contribution in [0.4, 0.5) is 13.2 Å². The normalized spacial score (nSPS) is 32.4. The van der Waals surface area contributed by atoms with E-state index < -0.39 is 43.2 Å². The van der Waals surface area contributed by atoms with Gasteiger partial charge in [0.1, 0.15) is 13.2 Å². The lowest BCUT2D eigenvalue weighted by Crippen LogP contribution is -2.48. The van der Waals surface area contributed by atoms with E-state index >= 15 is 0 Å². The van der Waals surface area contributed by atoms with Crippen molar-refractivity contribution in [2.45, 2.75) is 31.5 Å². The van der Waals surface area contributed by atoms with E-state index in [9.17, 15) is 27.9 Å². The summed E-state index contributed by atoms with van der Waals surface area (Å²) < 4.78 is 39.9. The number of rotatable bonds is 5. The van der Waals surface area contributed by atoms with Crippen molar-refractivity contribution in [2.75, 3.05) is 13.2 Å². The van der Waals surface area contributed by atoms with Crippen LogP contribution in [0.2, 0.25) is 0 Å². The fourth-order valence-corrected chi connectivity index (χ4v) is 3.34. The molecule has 2 aliphatic carbocycles. The van der Waals surface area contributed by atoms with Gasteiger partial charge in [0.05, 0.1) is 5.92 Å². The zero-order valence-corrected chi connectivity index (χ0v) is 10.7. The summed E-state index contributed by atoms with van der Waals surface area (Å²) >= 11 is 0. The van der Waals surface area contributed by atoms with E-state index in [1.807, 2.05) is 0 Å². The van der Waals surface area contributed by atoms with Gasteiger partial charge in [-0.3, -0.25) is 9.59 Å². The smallest absolute Gasteiger partial charge is 0.411 e. The van der Waals surface area contributed by atoms with E-state index in [1.165, 1.54) is 0 Å². The first-order chi connectivity index (χ1) is 9.28. The molecule has 0 aromatic carbocycles. The largest absolute Gasteiger partial charge is 0.481 e. The standard InChI is InChI=1S/C12H16F3NO4/c13-12(14,15)5-20-4-8(17)16-10-7-2-1-6(3-7)9(10)11(18)19/h6-7,9-10H,1-5H2,(H,16,17)(H,18,19). The number of carbonyl (C=O) groups is 2. The molecule has 2 fully saturated rings. The minimum Gasteiger partial charge on any atom is -0.481 e. The number of alkyl halides is 3. The Morgan fingerprint density at radius 2 is 1.90 bits per heavy atom. The molecule has 0 aliphatic heterocycles. The fraction of sp³-hybridized carbons (Fsp3) is 0.833. The number of hydrogen-bond acceptors (Lipinski definition) is 3. The predicted octanol–water partition coefficient (Wildman–Crippen LogP) is 1.18. The van der Waals surface area contributed by atoms with Gasteiger partial charge in [0.15, 0.2) is 0 Å². The summed E-state index contributed by atoms with van der Waals surface area (Å²) in [5.74, 6) is -2.14. The fourth-order valence-electron chi connectivity index (χ4n) is 3.34. The van der Waals surface area contributed by atoms with Crippen LogP contribution in [-0.4, -0.2) is 42.4 Å². The molecule has 1 amide bonds. The van der Waals surface area contributed by atoms with Gasteiger partial charge in [-0.25, -0.2) is 0 Å². The first-order valence-corrected chi connectivity index (χ1v) is 6.44. The molecular formula is C12H16F3NO4. The molecule has 2 bridgehead atoms. The summed E-state index contributed by atoms with van der Waals surface area (Å²) in [5, 5.41) is 11.7. The number of carboxylic acids is 1. The van der Waals surface area contributed by atoms with E-state index in [0.717, 1.165) is 19.3 Å². The van der Waals surface area contributed by atoms with Crippen molar-refractivity contribution in [3.8, 4) is 0 Å². The van der Waals surface area contributed by atoms with Crippen LogP contribution in [0.1, 0.15) is 19.3 Å². The lowest BCUT2D eigenvalue weighted by molar-refractivity contribution is -0.175. The average molecular weight is 295 g/mol. The zero-order chi connectivity index (χ0) is 14.9. The molecule has 0 saturated heterocycles. The maximum atomic E-state index is 11.9. The Labute approximate surface area is 113 Å². The third-order valence-electron chi connectivity index (χ3n) is 4.03. The number of nitrogens with one attached hydrogen (secondary N) is 1. The van der Waals surface area contributed by atoms with Crippen molar-refractivity contribution < 1.29 is 32.6 Å². The minimum absolute atomic E-state index is 0.0545. The number of hydrogen-bond donors (Lipinski definition) is 2. The van der Waals surface area contributed by atoms with Gasteiger partial charge < -0.3 is 15.2 Å². The van der Waals surface area contributed by atoms with Crippen molar-refractivity contribution in [3.63, 3.8) is 0 Å². The summed E-state index contributed by atoms with van der Waals surface area (Å²) in [7, 11) is 0. The monoisotopic (exact) mass is 295 g/mol. The first-order valence-electron chi connectivity index (χ1n) is 6.44. The maximum Gasteiger partial charge on any atom is 0.411 e. The summed E-state index contributed by atoms with van der Waals surface area (Å²) in [5.41, 5.74) is 0. The topological polar surface area (TPSA) is 75.6 Å². The molecule has 114 valence electrons. The Hall–Kier alpha value is -1.31. The van der Waals surface area contributed by atoms with Gasteiger partial charge in [0, 0.05) is 6.04 Å². The van der Waals surface area contributed by atoms with Crippen LogP contribution in [0.3, 0.4) is 0 Å². The van der Waals surface area contributed by atoms with E-state index in [2.05, 4.69) is 10.1 Å². The van der Waals surface area contributed by atoms with E-state index in [-0.39, 0.29) is 11.8 Å². The van der Waals surface area contributed by atoms with Crippen molar-refractivity contribution >= 4 is 11.9 Å². The van der Waals surface area contributed by atoms with E-state index in [1.54, 1.807) is 0 Å². The molecule has 0 aromatic rings. The number of aliphatic carboxylic acids is 1. The molecule has 8 heteroatoms. The summed E-state index contributed by atoms with van der Waals surface area (Å²) in [6.07, 6.45) is -2.04. The number of fused-ring (bicyclic) bond motifs is 2. The number of halogens is 3. The molecule has 2 aliphatic rings. The predicted molar refractivity (Wildman–Crippen MR) is 60.8 cm³/mol. The highest BCUT2D eigenvalue weighted by Gasteiger charge is 2.51. The van der Waals surface area contributed by atoms with Crippen molar-refractivity contribution in [1.82, 2.24) is 5.32 Å². The van der Waals surface area contributed by atoms with Crippen LogP contribution in [0, 0.1) is 17.8 Å². The van der Waals surface area contributed by atoms with Gasteiger partial charge in [-0.2, -0.15) is 13.2 Å². The maximum absolute atomic E-state index is 11.9. The minimum atomic E-state index is -4.48. The number of ether oxygens (including phenoxy) is 1. The van der Waals surface area contributed by atoms with Crippen LogP contribution in [0.5, 0.6) is 0 Å². The molecule has 5 nitrogen and oxygen atoms in total. The lowest BCUT2D eigenvalue weighted by atomic mass is 9.84. The Morgan fingerprint density at radius 3 is 2.50 bits per heavy atom. The highest BCUT2D eigenvalue weighted by Crippen LogP contribution is 2.48. The van der Waals surface area contributed by atoms with Crippen LogP contribution < -0.4 is 5.32 Å². The number of carboxylic acid groups (broad SMARTS) is 1.